The van der Waals surface area contributed by atoms with Gasteiger partial charge >= 0.3 is 0 Å². The third-order valence-electron chi connectivity index (χ3n) is 3.40. The van der Waals surface area contributed by atoms with E-state index < -0.39 is 9.84 Å². The van der Waals surface area contributed by atoms with Gasteiger partial charge in [-0.05, 0) is 32.7 Å². The summed E-state index contributed by atoms with van der Waals surface area (Å²) in [5, 5.41) is 6.14. The normalized spacial score (nSPS) is 24.1. The molecule has 19 heavy (non-hydrogen) atoms. The van der Waals surface area contributed by atoms with Crippen molar-refractivity contribution >= 4 is 15.7 Å². The summed E-state index contributed by atoms with van der Waals surface area (Å²) in [5.74, 6) is -0.595. The fourth-order valence-corrected chi connectivity index (χ4v) is 3.65. The van der Waals surface area contributed by atoms with Gasteiger partial charge in [0.25, 0.3) is 0 Å². The Kier molecular flexibility index (Phi) is 6.79. The summed E-state index contributed by atoms with van der Waals surface area (Å²) in [5.41, 5.74) is 0. The summed E-state index contributed by atoms with van der Waals surface area (Å²) in [6, 6.07) is 0.481. The van der Waals surface area contributed by atoms with E-state index in [1.54, 1.807) is 0 Å². The van der Waals surface area contributed by atoms with Crippen LogP contribution in [0.2, 0.25) is 0 Å². The molecule has 2 unspecified atom stereocenters. The van der Waals surface area contributed by atoms with Gasteiger partial charge in [-0.2, -0.15) is 0 Å². The van der Waals surface area contributed by atoms with Crippen LogP contribution in [0.25, 0.3) is 0 Å². The molecule has 0 aromatic rings. The third kappa shape index (κ3) is 6.92. The molecule has 1 fully saturated rings. The number of hydrogen-bond acceptors (Lipinski definition) is 4. The smallest absolute Gasteiger partial charge is 0.235 e. The first-order valence-corrected chi connectivity index (χ1v) is 8.98. The zero-order chi connectivity index (χ0) is 14.3. The van der Waals surface area contributed by atoms with Gasteiger partial charge in [0.05, 0.1) is 5.75 Å². The molecule has 0 bridgehead atoms. The first-order valence-electron chi connectivity index (χ1n) is 7.16. The summed E-state index contributed by atoms with van der Waals surface area (Å²) in [4.78, 5) is 11.8. The maximum Gasteiger partial charge on any atom is 0.235 e. The standard InChI is InChI=1S/C13H26N2O3S/c1-3-4-5-8-19(17,18)10-13(16)15-12-6-7-14-11(2)9-12/h11-12,14H,3-10H2,1-2H3,(H,15,16). The molecule has 1 amide bonds. The van der Waals surface area contributed by atoms with Crippen LogP contribution < -0.4 is 10.6 Å². The van der Waals surface area contributed by atoms with Crippen LogP contribution in [-0.2, 0) is 14.6 Å². The van der Waals surface area contributed by atoms with Gasteiger partial charge in [-0.1, -0.05) is 19.8 Å². The lowest BCUT2D eigenvalue weighted by Gasteiger charge is -2.28. The first kappa shape index (κ1) is 16.4. The zero-order valence-electron chi connectivity index (χ0n) is 11.9. The fraction of sp³-hybridized carbons (Fsp3) is 0.923. The second-order valence-electron chi connectivity index (χ2n) is 5.44. The molecule has 1 saturated heterocycles. The van der Waals surface area contributed by atoms with E-state index in [0.717, 1.165) is 32.2 Å². The van der Waals surface area contributed by atoms with Gasteiger partial charge in [0, 0.05) is 12.1 Å². The van der Waals surface area contributed by atoms with E-state index in [0.29, 0.717) is 12.5 Å². The highest BCUT2D eigenvalue weighted by Gasteiger charge is 2.22. The van der Waals surface area contributed by atoms with Gasteiger partial charge < -0.3 is 10.6 Å². The molecular formula is C13H26N2O3S. The fourth-order valence-electron chi connectivity index (χ4n) is 2.38. The Balaban J connectivity index is 2.33. The number of nitrogens with one attached hydrogen (secondary N) is 2. The molecule has 0 radical (unpaired) electrons. The van der Waals surface area contributed by atoms with Crippen LogP contribution in [0.4, 0.5) is 0 Å². The highest BCUT2D eigenvalue weighted by atomic mass is 32.2. The van der Waals surface area contributed by atoms with Crippen molar-refractivity contribution < 1.29 is 13.2 Å². The highest BCUT2D eigenvalue weighted by molar-refractivity contribution is 7.92. The number of piperidine rings is 1. The van der Waals surface area contributed by atoms with Crippen molar-refractivity contribution in [3.8, 4) is 0 Å². The molecule has 5 nitrogen and oxygen atoms in total. The van der Waals surface area contributed by atoms with E-state index in [-0.39, 0.29) is 23.5 Å². The zero-order valence-corrected chi connectivity index (χ0v) is 12.8. The average molecular weight is 290 g/mol. The quantitative estimate of drug-likeness (QED) is 0.682. The van der Waals surface area contributed by atoms with Gasteiger partial charge in [-0.15, -0.1) is 0 Å². The van der Waals surface area contributed by atoms with Crippen LogP contribution in [0.15, 0.2) is 0 Å². The van der Waals surface area contributed by atoms with E-state index in [2.05, 4.69) is 17.6 Å². The Morgan fingerprint density at radius 1 is 1.37 bits per heavy atom. The van der Waals surface area contributed by atoms with Crippen molar-refractivity contribution in [3.05, 3.63) is 0 Å². The van der Waals surface area contributed by atoms with Gasteiger partial charge in [-0.25, -0.2) is 8.42 Å². The minimum absolute atomic E-state index is 0.106. The molecule has 2 atom stereocenters. The van der Waals surface area contributed by atoms with Crippen molar-refractivity contribution in [2.75, 3.05) is 18.1 Å². The predicted molar refractivity (Wildman–Crippen MR) is 76.8 cm³/mol. The molecule has 1 aliphatic heterocycles. The summed E-state index contributed by atoms with van der Waals surface area (Å²) < 4.78 is 23.5. The minimum Gasteiger partial charge on any atom is -0.352 e. The Labute approximate surface area is 116 Å². The van der Waals surface area contributed by atoms with Crippen molar-refractivity contribution in [1.82, 2.24) is 10.6 Å². The van der Waals surface area contributed by atoms with E-state index >= 15 is 0 Å². The topological polar surface area (TPSA) is 75.3 Å². The van der Waals surface area contributed by atoms with E-state index in [9.17, 15) is 13.2 Å². The molecule has 112 valence electrons. The lowest BCUT2D eigenvalue weighted by Crippen LogP contribution is -2.47. The Bertz CT molecular complexity index is 381. The SMILES string of the molecule is CCCCCS(=O)(=O)CC(=O)NC1CCNC(C)C1. The van der Waals surface area contributed by atoms with Gasteiger partial charge in [0.1, 0.15) is 5.75 Å². The monoisotopic (exact) mass is 290 g/mol. The molecule has 0 spiro atoms. The number of carbonyl (C=O) groups excluding carboxylic acids is 1. The van der Waals surface area contributed by atoms with Crippen LogP contribution in [0, 0.1) is 0 Å². The molecule has 0 aromatic carbocycles. The van der Waals surface area contributed by atoms with Crippen molar-refractivity contribution in [3.63, 3.8) is 0 Å². The summed E-state index contributed by atoms with van der Waals surface area (Å²) >= 11 is 0. The van der Waals surface area contributed by atoms with E-state index in [1.807, 2.05) is 6.92 Å². The molecule has 2 N–H and O–H groups in total. The van der Waals surface area contributed by atoms with E-state index in [4.69, 9.17) is 0 Å². The van der Waals surface area contributed by atoms with Crippen LogP contribution in [-0.4, -0.2) is 44.5 Å². The predicted octanol–water partition coefficient (Wildman–Crippen LogP) is 0.848. The van der Waals surface area contributed by atoms with Gasteiger partial charge in [0.2, 0.25) is 5.91 Å². The van der Waals surface area contributed by atoms with Crippen LogP contribution in [0.3, 0.4) is 0 Å². The molecule has 1 rings (SSSR count). The van der Waals surface area contributed by atoms with Gasteiger partial charge in [0.15, 0.2) is 9.84 Å². The summed E-state index contributed by atoms with van der Waals surface area (Å²) in [6.07, 6.45) is 4.26. The van der Waals surface area contributed by atoms with Crippen molar-refractivity contribution in [2.45, 2.75) is 58.0 Å². The summed E-state index contributed by atoms with van der Waals surface area (Å²) in [6.45, 7) is 4.97. The van der Waals surface area contributed by atoms with Crippen LogP contribution in [0.5, 0.6) is 0 Å². The van der Waals surface area contributed by atoms with Crippen LogP contribution >= 0.6 is 0 Å². The number of hydrogen-bond donors (Lipinski definition) is 2. The minimum atomic E-state index is -3.25. The number of sulfone groups is 1. The van der Waals surface area contributed by atoms with E-state index in [1.165, 1.54) is 0 Å². The maximum absolute atomic E-state index is 11.8. The van der Waals surface area contributed by atoms with Crippen molar-refractivity contribution in [2.24, 2.45) is 0 Å². The Morgan fingerprint density at radius 3 is 2.74 bits per heavy atom. The second kappa shape index (κ2) is 7.85. The molecule has 0 aliphatic carbocycles. The van der Waals surface area contributed by atoms with Gasteiger partial charge in [-0.3, -0.25) is 4.79 Å². The molecule has 0 saturated carbocycles. The average Bonchev–Trinajstić information content (AvgIpc) is 2.27. The molecule has 6 heteroatoms. The number of unbranched alkanes of at least 4 members (excludes halogenated alkanes) is 2. The second-order valence-corrected chi connectivity index (χ2v) is 7.63. The first-order chi connectivity index (χ1) is 8.93. The largest absolute Gasteiger partial charge is 0.352 e. The van der Waals surface area contributed by atoms with Crippen molar-refractivity contribution in [1.29, 1.82) is 0 Å². The number of rotatable bonds is 7. The lowest BCUT2D eigenvalue weighted by molar-refractivity contribution is -0.119. The highest BCUT2D eigenvalue weighted by Crippen LogP contribution is 2.08. The maximum atomic E-state index is 11.8. The van der Waals surface area contributed by atoms with Crippen LogP contribution in [0.1, 0.15) is 46.0 Å². The molecular weight excluding hydrogens is 264 g/mol. The summed E-state index contributed by atoms with van der Waals surface area (Å²) in [7, 11) is -3.25. The Morgan fingerprint density at radius 2 is 2.11 bits per heavy atom. The Hall–Kier alpha value is -0.620. The number of carbonyl (C=O) groups is 1. The third-order valence-corrected chi connectivity index (χ3v) is 5.01. The lowest BCUT2D eigenvalue weighted by atomic mass is 10.0. The molecule has 1 aliphatic rings. The molecule has 1 heterocycles. The number of amides is 1. The molecule has 0 aromatic heterocycles.